The molecule has 106 valence electrons. The molecule has 1 aliphatic rings. The van der Waals surface area contributed by atoms with Gasteiger partial charge in [0.15, 0.2) is 5.16 Å². The summed E-state index contributed by atoms with van der Waals surface area (Å²) < 4.78 is 0. The number of hydrogen-bond donors (Lipinski definition) is 2. The van der Waals surface area contributed by atoms with Gasteiger partial charge in [-0.05, 0) is 37.9 Å². The average Bonchev–Trinajstić information content (AvgIpc) is 2.38. The number of thioether (sulfide) groups is 1. The first kappa shape index (κ1) is 14.4. The van der Waals surface area contributed by atoms with Crippen molar-refractivity contribution in [2.75, 3.05) is 30.0 Å². The van der Waals surface area contributed by atoms with Crippen LogP contribution in [0.1, 0.15) is 39.5 Å². The molecule has 1 saturated carbocycles. The second kappa shape index (κ2) is 6.46. The van der Waals surface area contributed by atoms with Crippen molar-refractivity contribution in [3.8, 4) is 0 Å². The lowest BCUT2D eigenvalue weighted by atomic mass is 9.67. The Morgan fingerprint density at radius 3 is 2.37 bits per heavy atom. The molecule has 19 heavy (non-hydrogen) atoms. The Hall–Kier alpha value is -0.970. The minimum Gasteiger partial charge on any atom is -0.370 e. The van der Waals surface area contributed by atoms with E-state index in [1.807, 2.05) is 12.3 Å². The smallest absolute Gasteiger partial charge is 0.191 e. The summed E-state index contributed by atoms with van der Waals surface area (Å²) in [5.74, 6) is 1.85. The van der Waals surface area contributed by atoms with Crippen LogP contribution in [0.15, 0.2) is 11.2 Å². The van der Waals surface area contributed by atoms with Crippen molar-refractivity contribution in [2.45, 2.75) is 44.7 Å². The quantitative estimate of drug-likeness (QED) is 0.590. The molecule has 0 spiro atoms. The summed E-state index contributed by atoms with van der Waals surface area (Å²) in [6.07, 6.45) is 7.32. The highest BCUT2D eigenvalue weighted by Gasteiger charge is 2.34. The van der Waals surface area contributed by atoms with E-state index < -0.39 is 0 Å². The molecular weight excluding hydrogens is 256 g/mol. The predicted octanol–water partition coefficient (Wildman–Crippen LogP) is 3.62. The van der Waals surface area contributed by atoms with Crippen molar-refractivity contribution >= 4 is 23.4 Å². The van der Waals surface area contributed by atoms with Crippen LogP contribution < -0.4 is 10.6 Å². The Bertz CT molecular complexity index is 412. The maximum atomic E-state index is 4.53. The van der Waals surface area contributed by atoms with Gasteiger partial charge < -0.3 is 10.6 Å². The Labute approximate surface area is 120 Å². The molecule has 4 nitrogen and oxygen atoms in total. The molecule has 1 aromatic rings. The van der Waals surface area contributed by atoms with Gasteiger partial charge in [0.2, 0.25) is 0 Å². The first-order valence-electron chi connectivity index (χ1n) is 7.12. The first-order chi connectivity index (χ1) is 9.21. The minimum atomic E-state index is 0.503. The molecule has 0 saturated heterocycles. The van der Waals surface area contributed by atoms with Crippen LogP contribution in [0.25, 0.3) is 0 Å². The van der Waals surface area contributed by atoms with Gasteiger partial charge in [0, 0.05) is 19.2 Å². The third-order valence-electron chi connectivity index (χ3n) is 4.05. The molecule has 0 atom stereocenters. The average molecular weight is 280 g/mol. The third kappa shape index (κ3) is 3.53. The fourth-order valence-corrected chi connectivity index (χ4v) is 2.87. The van der Waals surface area contributed by atoms with Gasteiger partial charge in [-0.3, -0.25) is 0 Å². The van der Waals surface area contributed by atoms with E-state index in [4.69, 9.17) is 0 Å². The van der Waals surface area contributed by atoms with Gasteiger partial charge in [0.25, 0.3) is 0 Å². The van der Waals surface area contributed by atoms with Gasteiger partial charge in [-0.2, -0.15) is 0 Å². The molecule has 0 amide bonds. The highest BCUT2D eigenvalue weighted by atomic mass is 32.2. The summed E-state index contributed by atoms with van der Waals surface area (Å²) in [5, 5.41) is 7.58. The van der Waals surface area contributed by atoms with Crippen molar-refractivity contribution in [3.05, 3.63) is 6.07 Å². The normalized spacial score (nSPS) is 16.8. The lowest BCUT2D eigenvalue weighted by molar-refractivity contribution is 0.145. The molecule has 0 aromatic carbocycles. The summed E-state index contributed by atoms with van der Waals surface area (Å²) in [4.78, 5) is 8.97. The standard InChI is InChI=1S/C14H24N4S/c1-4-14(7-6-8-14)10-16-12-9-11(15-5-2)17-13(18-12)19-3/h9H,4-8,10H2,1-3H3,(H2,15,16,17,18). The van der Waals surface area contributed by atoms with Crippen LogP contribution in [0.2, 0.25) is 0 Å². The van der Waals surface area contributed by atoms with Gasteiger partial charge >= 0.3 is 0 Å². The van der Waals surface area contributed by atoms with Crippen LogP contribution in [-0.4, -0.2) is 29.3 Å². The maximum absolute atomic E-state index is 4.53. The van der Waals surface area contributed by atoms with Gasteiger partial charge in [-0.1, -0.05) is 25.1 Å². The Morgan fingerprint density at radius 1 is 1.21 bits per heavy atom. The van der Waals surface area contributed by atoms with E-state index in [9.17, 15) is 0 Å². The van der Waals surface area contributed by atoms with Crippen LogP contribution >= 0.6 is 11.8 Å². The highest BCUT2D eigenvalue weighted by Crippen LogP contribution is 2.43. The largest absolute Gasteiger partial charge is 0.370 e. The minimum absolute atomic E-state index is 0.503. The number of anilines is 2. The van der Waals surface area contributed by atoms with E-state index in [1.165, 1.54) is 25.7 Å². The number of hydrogen-bond acceptors (Lipinski definition) is 5. The molecule has 0 unspecified atom stereocenters. The zero-order valence-corrected chi connectivity index (χ0v) is 12.9. The summed E-state index contributed by atoms with van der Waals surface area (Å²) in [7, 11) is 0. The molecule has 0 aliphatic heterocycles. The van der Waals surface area contributed by atoms with Crippen LogP contribution in [-0.2, 0) is 0 Å². The molecule has 1 heterocycles. The van der Waals surface area contributed by atoms with Gasteiger partial charge in [0.1, 0.15) is 11.6 Å². The number of nitrogens with one attached hydrogen (secondary N) is 2. The second-order valence-corrected chi connectivity index (χ2v) is 5.99. The summed E-state index contributed by atoms with van der Waals surface area (Å²) in [6, 6.07) is 2.01. The van der Waals surface area contributed by atoms with E-state index in [-0.39, 0.29) is 0 Å². The van der Waals surface area contributed by atoms with Crippen molar-refractivity contribution in [2.24, 2.45) is 5.41 Å². The summed E-state index contributed by atoms with van der Waals surface area (Å²) in [6.45, 7) is 6.27. The molecular formula is C14H24N4S. The lowest BCUT2D eigenvalue weighted by Gasteiger charge is -2.41. The molecule has 2 N–H and O–H groups in total. The zero-order chi connectivity index (χ0) is 13.7. The Kier molecular flexibility index (Phi) is 4.91. The maximum Gasteiger partial charge on any atom is 0.191 e. The molecule has 0 bridgehead atoms. The fraction of sp³-hybridized carbons (Fsp3) is 0.714. The second-order valence-electron chi connectivity index (χ2n) is 5.22. The summed E-state index contributed by atoms with van der Waals surface area (Å²) >= 11 is 1.58. The SMILES string of the molecule is CCNc1cc(NCC2(CC)CCC2)nc(SC)n1. The van der Waals surface area contributed by atoms with Gasteiger partial charge in [-0.25, -0.2) is 9.97 Å². The number of nitrogens with zero attached hydrogens (tertiary/aromatic N) is 2. The number of rotatable bonds is 7. The van der Waals surface area contributed by atoms with Crippen LogP contribution in [0, 0.1) is 5.41 Å². The molecule has 5 heteroatoms. The van der Waals surface area contributed by atoms with E-state index in [0.717, 1.165) is 29.9 Å². The van der Waals surface area contributed by atoms with Crippen molar-refractivity contribution in [1.29, 1.82) is 0 Å². The highest BCUT2D eigenvalue weighted by molar-refractivity contribution is 7.98. The number of aromatic nitrogens is 2. The molecule has 1 fully saturated rings. The molecule has 0 radical (unpaired) electrons. The monoisotopic (exact) mass is 280 g/mol. The van der Waals surface area contributed by atoms with E-state index in [2.05, 4.69) is 34.4 Å². The molecule has 1 aliphatic carbocycles. The van der Waals surface area contributed by atoms with E-state index >= 15 is 0 Å². The lowest BCUT2D eigenvalue weighted by Crippen LogP contribution is -2.36. The topological polar surface area (TPSA) is 49.8 Å². The molecule has 2 rings (SSSR count). The van der Waals surface area contributed by atoms with Crippen molar-refractivity contribution < 1.29 is 0 Å². The predicted molar refractivity (Wildman–Crippen MR) is 83.0 cm³/mol. The third-order valence-corrected chi connectivity index (χ3v) is 4.60. The van der Waals surface area contributed by atoms with E-state index in [0.29, 0.717) is 5.41 Å². The van der Waals surface area contributed by atoms with Crippen molar-refractivity contribution in [1.82, 2.24) is 9.97 Å². The zero-order valence-electron chi connectivity index (χ0n) is 12.1. The van der Waals surface area contributed by atoms with Crippen LogP contribution in [0.4, 0.5) is 11.6 Å². The summed E-state index contributed by atoms with van der Waals surface area (Å²) in [5.41, 5.74) is 0.503. The van der Waals surface area contributed by atoms with Gasteiger partial charge in [-0.15, -0.1) is 0 Å². The Balaban J connectivity index is 2.04. The first-order valence-corrected chi connectivity index (χ1v) is 8.34. The van der Waals surface area contributed by atoms with Crippen molar-refractivity contribution in [3.63, 3.8) is 0 Å². The molecule has 1 aromatic heterocycles. The van der Waals surface area contributed by atoms with E-state index in [1.54, 1.807) is 11.8 Å². The van der Waals surface area contributed by atoms with Gasteiger partial charge in [0.05, 0.1) is 0 Å². The van der Waals surface area contributed by atoms with Crippen LogP contribution in [0.5, 0.6) is 0 Å². The van der Waals surface area contributed by atoms with Crippen LogP contribution in [0.3, 0.4) is 0 Å². The Morgan fingerprint density at radius 2 is 1.89 bits per heavy atom. The fourth-order valence-electron chi connectivity index (χ4n) is 2.49.